The van der Waals surface area contributed by atoms with Gasteiger partial charge in [0.05, 0.1) is 10.7 Å². The molecule has 0 aliphatic carbocycles. The molecule has 0 bridgehead atoms. The topological polar surface area (TPSA) is 61.4 Å². The number of nitrogens with zero attached hydrogens (tertiary/aromatic N) is 4. The summed E-state index contributed by atoms with van der Waals surface area (Å²) in [6, 6.07) is 15.9. The lowest BCUT2D eigenvalue weighted by molar-refractivity contribution is 0.0935. The van der Waals surface area contributed by atoms with Crippen molar-refractivity contribution in [3.8, 4) is 0 Å². The Morgan fingerprint density at radius 3 is 2.33 bits per heavy atom. The van der Waals surface area contributed by atoms with Gasteiger partial charge < -0.3 is 15.1 Å². The lowest BCUT2D eigenvalue weighted by atomic mass is 10.1. The van der Waals surface area contributed by atoms with Gasteiger partial charge in [0.15, 0.2) is 11.5 Å². The standard InChI is InChI=1S/C23H26ClN5O/c1-3-16(2)25-23(30)21-17-8-4-5-9-18(17)22(27-26-21)29-14-12-28(13-15-29)20-11-7-6-10-19(20)24/h4-11,16H,3,12-15H2,1-2H3,(H,25,30)/t16-/m0/s1. The highest BCUT2D eigenvalue weighted by Crippen LogP contribution is 2.29. The zero-order chi connectivity index (χ0) is 21.1. The van der Waals surface area contributed by atoms with Crippen molar-refractivity contribution in [2.45, 2.75) is 26.3 Å². The molecule has 156 valence electrons. The third-order valence-electron chi connectivity index (χ3n) is 5.65. The van der Waals surface area contributed by atoms with Crippen molar-refractivity contribution in [2.75, 3.05) is 36.0 Å². The minimum absolute atomic E-state index is 0.0932. The van der Waals surface area contributed by atoms with Crippen LogP contribution in [0.3, 0.4) is 0 Å². The number of halogens is 1. The van der Waals surface area contributed by atoms with E-state index in [-0.39, 0.29) is 11.9 Å². The first-order valence-electron chi connectivity index (χ1n) is 10.4. The van der Waals surface area contributed by atoms with E-state index in [1.165, 1.54) is 0 Å². The number of anilines is 2. The van der Waals surface area contributed by atoms with Crippen LogP contribution in [0.15, 0.2) is 48.5 Å². The Bertz CT molecular complexity index is 1050. The molecule has 1 aliphatic rings. The van der Waals surface area contributed by atoms with Crippen LogP contribution in [-0.4, -0.2) is 48.3 Å². The Balaban J connectivity index is 1.58. The average molecular weight is 424 g/mol. The van der Waals surface area contributed by atoms with E-state index in [9.17, 15) is 4.79 Å². The van der Waals surface area contributed by atoms with Crippen molar-refractivity contribution in [2.24, 2.45) is 0 Å². The molecule has 1 aromatic heterocycles. The van der Waals surface area contributed by atoms with Crippen molar-refractivity contribution in [3.63, 3.8) is 0 Å². The summed E-state index contributed by atoms with van der Waals surface area (Å²) in [5.41, 5.74) is 1.44. The minimum Gasteiger partial charge on any atom is -0.367 e. The van der Waals surface area contributed by atoms with Gasteiger partial charge >= 0.3 is 0 Å². The molecule has 1 N–H and O–H groups in total. The van der Waals surface area contributed by atoms with Gasteiger partial charge in [-0.3, -0.25) is 4.79 Å². The van der Waals surface area contributed by atoms with E-state index < -0.39 is 0 Å². The molecule has 3 aromatic rings. The Morgan fingerprint density at radius 2 is 1.63 bits per heavy atom. The number of hydrogen-bond acceptors (Lipinski definition) is 5. The molecule has 30 heavy (non-hydrogen) atoms. The number of nitrogens with one attached hydrogen (secondary N) is 1. The summed E-state index contributed by atoms with van der Waals surface area (Å²) < 4.78 is 0. The fourth-order valence-corrected chi connectivity index (χ4v) is 4.01. The van der Waals surface area contributed by atoms with Gasteiger partial charge in [0, 0.05) is 43.0 Å². The van der Waals surface area contributed by atoms with E-state index in [0.717, 1.165) is 59.9 Å². The zero-order valence-corrected chi connectivity index (χ0v) is 18.1. The van der Waals surface area contributed by atoms with Gasteiger partial charge in [-0.1, -0.05) is 54.9 Å². The quantitative estimate of drug-likeness (QED) is 0.668. The largest absolute Gasteiger partial charge is 0.367 e. The number of hydrogen-bond donors (Lipinski definition) is 1. The molecular weight excluding hydrogens is 398 g/mol. The molecule has 1 saturated heterocycles. The van der Waals surface area contributed by atoms with Crippen LogP contribution >= 0.6 is 11.6 Å². The molecule has 0 saturated carbocycles. The van der Waals surface area contributed by atoms with Crippen LogP contribution in [0.4, 0.5) is 11.5 Å². The minimum atomic E-state index is -0.178. The molecular formula is C23H26ClN5O. The molecule has 0 spiro atoms. The second-order valence-electron chi connectivity index (χ2n) is 7.63. The van der Waals surface area contributed by atoms with Crippen molar-refractivity contribution < 1.29 is 4.79 Å². The summed E-state index contributed by atoms with van der Waals surface area (Å²) in [6.07, 6.45) is 0.866. The molecule has 1 atom stereocenters. The van der Waals surface area contributed by atoms with E-state index in [1.807, 2.05) is 56.3 Å². The van der Waals surface area contributed by atoms with Crippen molar-refractivity contribution in [3.05, 3.63) is 59.2 Å². The highest BCUT2D eigenvalue weighted by molar-refractivity contribution is 6.33. The smallest absolute Gasteiger partial charge is 0.272 e. The van der Waals surface area contributed by atoms with Crippen LogP contribution in [0.2, 0.25) is 5.02 Å². The van der Waals surface area contributed by atoms with Gasteiger partial charge in [0.1, 0.15) is 0 Å². The van der Waals surface area contributed by atoms with Gasteiger partial charge in [0.25, 0.3) is 5.91 Å². The van der Waals surface area contributed by atoms with Crippen LogP contribution in [0.1, 0.15) is 30.8 Å². The van der Waals surface area contributed by atoms with E-state index >= 15 is 0 Å². The number of carbonyl (C=O) groups excluding carboxylic acids is 1. The van der Waals surface area contributed by atoms with E-state index in [0.29, 0.717) is 5.69 Å². The highest BCUT2D eigenvalue weighted by atomic mass is 35.5. The van der Waals surface area contributed by atoms with Crippen molar-refractivity contribution in [1.29, 1.82) is 0 Å². The van der Waals surface area contributed by atoms with Crippen LogP contribution in [-0.2, 0) is 0 Å². The van der Waals surface area contributed by atoms with Crippen molar-refractivity contribution in [1.82, 2.24) is 15.5 Å². The monoisotopic (exact) mass is 423 g/mol. The number of para-hydroxylation sites is 1. The normalized spacial score (nSPS) is 15.3. The Labute approximate surface area is 181 Å². The predicted octanol–water partition coefficient (Wildman–Crippen LogP) is 4.14. The molecule has 0 radical (unpaired) electrons. The second-order valence-corrected chi connectivity index (χ2v) is 8.03. The molecule has 1 fully saturated rings. The molecule has 6 nitrogen and oxygen atoms in total. The van der Waals surface area contributed by atoms with Gasteiger partial charge in [0.2, 0.25) is 0 Å². The summed E-state index contributed by atoms with van der Waals surface area (Å²) in [7, 11) is 0. The number of aromatic nitrogens is 2. The SMILES string of the molecule is CC[C@H](C)NC(=O)c1nnc(N2CCN(c3ccccc3Cl)CC2)c2ccccc12. The van der Waals surface area contributed by atoms with E-state index in [1.54, 1.807) is 0 Å². The maximum Gasteiger partial charge on any atom is 0.272 e. The molecule has 1 aliphatic heterocycles. The first-order chi connectivity index (χ1) is 14.6. The molecule has 0 unspecified atom stereocenters. The molecule has 2 heterocycles. The number of amides is 1. The number of rotatable bonds is 5. The molecule has 2 aromatic carbocycles. The van der Waals surface area contributed by atoms with Gasteiger partial charge in [-0.05, 0) is 25.5 Å². The van der Waals surface area contributed by atoms with Crippen LogP contribution in [0, 0.1) is 0 Å². The summed E-state index contributed by atoms with van der Waals surface area (Å²) in [5, 5.41) is 14.3. The van der Waals surface area contributed by atoms with E-state index in [2.05, 4.69) is 31.4 Å². The molecule has 1 amide bonds. The number of benzene rings is 2. The first-order valence-corrected chi connectivity index (χ1v) is 10.8. The van der Waals surface area contributed by atoms with Gasteiger partial charge in [-0.25, -0.2) is 0 Å². The second kappa shape index (κ2) is 8.88. The number of fused-ring (bicyclic) bond motifs is 1. The zero-order valence-electron chi connectivity index (χ0n) is 17.3. The predicted molar refractivity (Wildman–Crippen MR) is 123 cm³/mol. The highest BCUT2D eigenvalue weighted by Gasteiger charge is 2.23. The summed E-state index contributed by atoms with van der Waals surface area (Å²) >= 11 is 6.37. The molecule has 4 rings (SSSR count). The van der Waals surface area contributed by atoms with Gasteiger partial charge in [-0.2, -0.15) is 0 Å². The Hall–Kier alpha value is -2.86. The van der Waals surface area contributed by atoms with Crippen LogP contribution < -0.4 is 15.1 Å². The average Bonchev–Trinajstić information content (AvgIpc) is 2.78. The maximum absolute atomic E-state index is 12.7. The van der Waals surface area contributed by atoms with E-state index in [4.69, 9.17) is 11.6 Å². The molecule has 7 heteroatoms. The maximum atomic E-state index is 12.7. The fourth-order valence-electron chi connectivity index (χ4n) is 3.75. The van der Waals surface area contributed by atoms with Gasteiger partial charge in [-0.15, -0.1) is 10.2 Å². The first kappa shape index (κ1) is 20.4. The third-order valence-corrected chi connectivity index (χ3v) is 5.96. The fraction of sp³-hybridized carbons (Fsp3) is 0.348. The summed E-state index contributed by atoms with van der Waals surface area (Å²) in [5.74, 6) is 0.646. The Morgan fingerprint density at radius 1 is 1.00 bits per heavy atom. The lowest BCUT2D eigenvalue weighted by Crippen LogP contribution is -2.47. The van der Waals surface area contributed by atoms with Crippen molar-refractivity contribution >= 4 is 39.8 Å². The van der Waals surface area contributed by atoms with Crippen LogP contribution in [0.5, 0.6) is 0 Å². The number of carbonyl (C=O) groups is 1. The third kappa shape index (κ3) is 4.05. The lowest BCUT2D eigenvalue weighted by Gasteiger charge is -2.37. The summed E-state index contributed by atoms with van der Waals surface area (Å²) in [4.78, 5) is 17.2. The Kier molecular flexibility index (Phi) is 6.04. The summed E-state index contributed by atoms with van der Waals surface area (Å²) in [6.45, 7) is 7.33. The van der Waals surface area contributed by atoms with Crippen LogP contribution in [0.25, 0.3) is 10.8 Å². The number of piperazine rings is 1.